The molecule has 0 aromatic carbocycles. The Bertz CT molecular complexity index is 870. The SMILES string of the molecule is Cc1nnc(CN2C[C@@H]3[C@H](CNC(=O)c4ccc(Cl)s4)[C@H]4CC[C@]3(C2)O4)o1. The Kier molecular flexibility index (Phi) is 4.27. The molecule has 5 rings (SSSR count). The summed E-state index contributed by atoms with van der Waals surface area (Å²) in [5.41, 5.74) is -0.0820. The van der Waals surface area contributed by atoms with Crippen LogP contribution in [0.25, 0.3) is 0 Å². The van der Waals surface area contributed by atoms with Gasteiger partial charge in [-0.3, -0.25) is 9.69 Å². The molecule has 3 aliphatic rings. The third-order valence-electron chi connectivity index (χ3n) is 6.08. The van der Waals surface area contributed by atoms with Gasteiger partial charge < -0.3 is 14.5 Å². The summed E-state index contributed by atoms with van der Waals surface area (Å²) in [7, 11) is 0. The number of amides is 1. The molecule has 9 heteroatoms. The number of thiophene rings is 1. The number of hydrogen-bond donors (Lipinski definition) is 1. The van der Waals surface area contributed by atoms with Crippen molar-refractivity contribution in [3.8, 4) is 0 Å². The van der Waals surface area contributed by atoms with E-state index < -0.39 is 0 Å². The highest BCUT2D eigenvalue weighted by atomic mass is 35.5. The highest BCUT2D eigenvalue weighted by molar-refractivity contribution is 7.17. The van der Waals surface area contributed by atoms with E-state index in [-0.39, 0.29) is 17.6 Å². The van der Waals surface area contributed by atoms with Gasteiger partial charge in [-0.15, -0.1) is 21.5 Å². The number of hydrogen-bond acceptors (Lipinski definition) is 7. The quantitative estimate of drug-likeness (QED) is 0.818. The molecule has 0 unspecified atom stereocenters. The zero-order chi connectivity index (χ0) is 18.6. The molecule has 144 valence electrons. The summed E-state index contributed by atoms with van der Waals surface area (Å²) in [6.07, 6.45) is 2.40. The fraction of sp³-hybridized carbons (Fsp3) is 0.611. The average molecular weight is 409 g/mol. The Morgan fingerprint density at radius 2 is 2.37 bits per heavy atom. The van der Waals surface area contributed by atoms with E-state index in [1.54, 1.807) is 19.1 Å². The molecule has 5 heterocycles. The van der Waals surface area contributed by atoms with Gasteiger partial charge in [0.15, 0.2) is 0 Å². The molecule has 1 N–H and O–H groups in total. The van der Waals surface area contributed by atoms with Crippen LogP contribution >= 0.6 is 22.9 Å². The largest absolute Gasteiger partial charge is 0.424 e. The van der Waals surface area contributed by atoms with E-state index in [2.05, 4.69) is 20.4 Å². The molecule has 0 saturated carbocycles. The number of aryl methyl sites for hydroxylation is 1. The van der Waals surface area contributed by atoms with Gasteiger partial charge in [0, 0.05) is 38.4 Å². The van der Waals surface area contributed by atoms with E-state index in [1.807, 2.05) is 0 Å². The second-order valence-electron chi connectivity index (χ2n) is 7.73. The van der Waals surface area contributed by atoms with Crippen molar-refractivity contribution in [3.63, 3.8) is 0 Å². The van der Waals surface area contributed by atoms with Crippen LogP contribution in [0.2, 0.25) is 4.34 Å². The van der Waals surface area contributed by atoms with Gasteiger partial charge in [-0.05, 0) is 25.0 Å². The smallest absolute Gasteiger partial charge is 0.261 e. The topological polar surface area (TPSA) is 80.5 Å². The molecule has 2 aromatic rings. The lowest BCUT2D eigenvalue weighted by Gasteiger charge is -2.29. The number of nitrogens with one attached hydrogen (secondary N) is 1. The number of ether oxygens (including phenoxy) is 1. The second kappa shape index (κ2) is 6.55. The predicted molar refractivity (Wildman–Crippen MR) is 99.8 cm³/mol. The fourth-order valence-corrected chi connectivity index (χ4v) is 5.97. The molecule has 27 heavy (non-hydrogen) atoms. The lowest BCUT2D eigenvalue weighted by atomic mass is 9.73. The minimum absolute atomic E-state index is 0.0556. The van der Waals surface area contributed by atoms with E-state index in [0.717, 1.165) is 25.9 Å². The number of rotatable bonds is 5. The van der Waals surface area contributed by atoms with Gasteiger partial charge in [0.2, 0.25) is 11.8 Å². The van der Waals surface area contributed by atoms with Gasteiger partial charge in [-0.1, -0.05) is 11.6 Å². The molecule has 2 bridgehead atoms. The molecule has 1 amide bonds. The predicted octanol–water partition coefficient (Wildman–Crippen LogP) is 2.50. The van der Waals surface area contributed by atoms with E-state index in [0.29, 0.717) is 45.9 Å². The van der Waals surface area contributed by atoms with Gasteiger partial charge in [0.1, 0.15) is 0 Å². The maximum Gasteiger partial charge on any atom is 0.261 e. The number of nitrogens with zero attached hydrogens (tertiary/aromatic N) is 3. The normalized spacial score (nSPS) is 32.1. The first kappa shape index (κ1) is 17.6. The van der Waals surface area contributed by atoms with E-state index in [1.165, 1.54) is 11.3 Å². The Morgan fingerprint density at radius 3 is 3.11 bits per heavy atom. The summed E-state index contributed by atoms with van der Waals surface area (Å²) >= 11 is 7.24. The van der Waals surface area contributed by atoms with Crippen LogP contribution in [0.3, 0.4) is 0 Å². The maximum absolute atomic E-state index is 12.4. The van der Waals surface area contributed by atoms with Crippen molar-refractivity contribution < 1.29 is 13.9 Å². The van der Waals surface area contributed by atoms with Crippen molar-refractivity contribution in [1.29, 1.82) is 0 Å². The van der Waals surface area contributed by atoms with Crippen molar-refractivity contribution >= 4 is 28.8 Å². The third-order valence-corrected chi connectivity index (χ3v) is 7.31. The van der Waals surface area contributed by atoms with E-state index >= 15 is 0 Å². The molecule has 0 radical (unpaired) electrons. The molecule has 3 aliphatic heterocycles. The lowest BCUT2D eigenvalue weighted by molar-refractivity contribution is 0.00154. The summed E-state index contributed by atoms with van der Waals surface area (Å²) in [5.74, 6) is 1.95. The number of fused-ring (bicyclic) bond motifs is 1. The standard InChI is InChI=1S/C18H21ClN4O3S/c1-10-21-22-16(25-10)8-23-7-12-11(13-4-5-18(12,9-23)26-13)6-20-17(24)14-2-3-15(19)27-14/h2-3,11-13H,4-9H2,1H3,(H,20,24)/t11-,12+,13+,18+/m0/s1. The third kappa shape index (κ3) is 3.08. The van der Waals surface area contributed by atoms with Crippen molar-refractivity contribution in [1.82, 2.24) is 20.4 Å². The van der Waals surface area contributed by atoms with E-state index in [4.69, 9.17) is 20.8 Å². The number of aromatic nitrogens is 2. The summed E-state index contributed by atoms with van der Waals surface area (Å²) in [6.45, 7) is 4.92. The lowest BCUT2D eigenvalue weighted by Crippen LogP contribution is -2.41. The van der Waals surface area contributed by atoms with Gasteiger partial charge in [-0.25, -0.2) is 0 Å². The van der Waals surface area contributed by atoms with Crippen LogP contribution in [0.15, 0.2) is 16.5 Å². The first-order valence-corrected chi connectivity index (χ1v) is 10.4. The van der Waals surface area contributed by atoms with Crippen molar-refractivity contribution in [3.05, 3.63) is 33.1 Å². The van der Waals surface area contributed by atoms with Crippen LogP contribution in [0.5, 0.6) is 0 Å². The monoisotopic (exact) mass is 408 g/mol. The number of halogens is 1. The van der Waals surface area contributed by atoms with Crippen LogP contribution in [0.1, 0.15) is 34.3 Å². The van der Waals surface area contributed by atoms with Crippen LogP contribution in [0, 0.1) is 18.8 Å². The number of carbonyl (C=O) groups excluding carboxylic acids is 1. The van der Waals surface area contributed by atoms with Crippen LogP contribution in [-0.2, 0) is 11.3 Å². The van der Waals surface area contributed by atoms with Gasteiger partial charge in [-0.2, -0.15) is 0 Å². The Balaban J connectivity index is 1.24. The summed E-state index contributed by atoms with van der Waals surface area (Å²) in [4.78, 5) is 15.4. The van der Waals surface area contributed by atoms with Gasteiger partial charge >= 0.3 is 0 Å². The molecule has 3 saturated heterocycles. The van der Waals surface area contributed by atoms with E-state index in [9.17, 15) is 4.79 Å². The first-order valence-electron chi connectivity index (χ1n) is 9.25. The van der Waals surface area contributed by atoms with Gasteiger partial charge in [0.05, 0.1) is 27.5 Å². The molecule has 0 aliphatic carbocycles. The zero-order valence-electron chi connectivity index (χ0n) is 15.0. The van der Waals surface area contributed by atoms with Crippen LogP contribution in [-0.4, -0.2) is 52.3 Å². The first-order chi connectivity index (χ1) is 13.0. The Morgan fingerprint density at radius 1 is 1.48 bits per heavy atom. The Hall–Kier alpha value is -1.48. The molecule has 3 fully saturated rings. The highest BCUT2D eigenvalue weighted by Crippen LogP contribution is 2.54. The maximum atomic E-state index is 12.4. The van der Waals surface area contributed by atoms with Crippen molar-refractivity contribution in [2.75, 3.05) is 19.6 Å². The molecule has 2 aromatic heterocycles. The Labute approximate surface area is 166 Å². The van der Waals surface area contributed by atoms with Crippen LogP contribution < -0.4 is 5.32 Å². The number of likely N-dealkylation sites (tertiary alicyclic amines) is 1. The molecule has 7 nitrogen and oxygen atoms in total. The fourth-order valence-electron chi connectivity index (χ4n) is 5.01. The van der Waals surface area contributed by atoms with Crippen LogP contribution in [0.4, 0.5) is 0 Å². The molecular formula is C18H21ClN4O3S. The van der Waals surface area contributed by atoms with Crippen molar-refractivity contribution in [2.24, 2.45) is 11.8 Å². The minimum atomic E-state index is -0.0820. The summed E-state index contributed by atoms with van der Waals surface area (Å²) < 4.78 is 12.6. The van der Waals surface area contributed by atoms with Gasteiger partial charge in [0.25, 0.3) is 5.91 Å². The second-order valence-corrected chi connectivity index (χ2v) is 9.44. The molecular weight excluding hydrogens is 388 g/mol. The summed E-state index contributed by atoms with van der Waals surface area (Å²) in [6, 6.07) is 3.52. The zero-order valence-corrected chi connectivity index (χ0v) is 16.6. The molecule has 4 atom stereocenters. The molecule has 1 spiro atoms. The summed E-state index contributed by atoms with van der Waals surface area (Å²) in [5, 5.41) is 11.1. The minimum Gasteiger partial charge on any atom is -0.424 e. The number of carbonyl (C=O) groups is 1. The highest BCUT2D eigenvalue weighted by Gasteiger charge is 2.62. The average Bonchev–Trinajstić information content (AvgIpc) is 3.41. The van der Waals surface area contributed by atoms with Crippen molar-refractivity contribution in [2.45, 2.75) is 38.0 Å².